The monoisotopic (exact) mass is 352 g/mol. The lowest BCUT2D eigenvalue weighted by Crippen LogP contribution is -2.38. The van der Waals surface area contributed by atoms with Gasteiger partial charge in [0, 0.05) is 30.1 Å². The molecule has 136 valence electrons. The highest BCUT2D eigenvalue weighted by Gasteiger charge is 2.26. The molecule has 1 aliphatic rings. The van der Waals surface area contributed by atoms with Crippen LogP contribution in [0.1, 0.15) is 55.6 Å². The zero-order valence-electron chi connectivity index (χ0n) is 15.2. The number of fused-ring (bicyclic) bond motifs is 1. The van der Waals surface area contributed by atoms with E-state index < -0.39 is 0 Å². The highest BCUT2D eigenvalue weighted by Crippen LogP contribution is 2.29. The number of nitrogens with zero attached hydrogens (tertiary/aromatic N) is 3. The number of benzene rings is 1. The molecule has 1 aliphatic heterocycles. The van der Waals surface area contributed by atoms with Gasteiger partial charge in [-0.25, -0.2) is 0 Å². The lowest BCUT2D eigenvalue weighted by molar-refractivity contribution is -0.131. The minimum Gasteiger partial charge on any atom is -0.356 e. The highest BCUT2D eigenvalue weighted by atomic mass is 16.5. The molecule has 2 aromatic heterocycles. The van der Waals surface area contributed by atoms with Crippen molar-refractivity contribution in [2.75, 3.05) is 13.1 Å². The first-order valence-corrected chi connectivity index (χ1v) is 9.28. The van der Waals surface area contributed by atoms with Gasteiger partial charge in [0.05, 0.1) is 12.1 Å². The summed E-state index contributed by atoms with van der Waals surface area (Å²) in [5.41, 5.74) is 3.76. The number of amides is 1. The maximum Gasteiger partial charge on any atom is 0.228 e. The van der Waals surface area contributed by atoms with Gasteiger partial charge in [0.2, 0.25) is 5.91 Å². The van der Waals surface area contributed by atoms with Crippen LogP contribution >= 0.6 is 0 Å². The molecule has 0 saturated carbocycles. The lowest BCUT2D eigenvalue weighted by Gasteiger charge is -2.31. The molecule has 3 aromatic rings. The van der Waals surface area contributed by atoms with Gasteiger partial charge in [-0.15, -0.1) is 0 Å². The Kier molecular flexibility index (Phi) is 4.49. The Morgan fingerprint density at radius 2 is 2.08 bits per heavy atom. The third-order valence-electron chi connectivity index (χ3n) is 5.27. The van der Waals surface area contributed by atoms with E-state index in [4.69, 9.17) is 4.52 Å². The summed E-state index contributed by atoms with van der Waals surface area (Å²) in [4.78, 5) is 14.6. The van der Waals surface area contributed by atoms with E-state index >= 15 is 0 Å². The van der Waals surface area contributed by atoms with Crippen LogP contribution in [-0.2, 0) is 11.2 Å². The molecule has 1 fully saturated rings. The Hall–Kier alpha value is -2.63. The van der Waals surface area contributed by atoms with Gasteiger partial charge in [0.1, 0.15) is 5.69 Å². The number of carbonyl (C=O) groups is 1. The average Bonchev–Trinajstić information content (AvgIpc) is 3.30. The number of nitrogens with one attached hydrogen (secondary N) is 1. The summed E-state index contributed by atoms with van der Waals surface area (Å²) >= 11 is 0. The van der Waals surface area contributed by atoms with Crippen molar-refractivity contribution in [3.05, 3.63) is 47.4 Å². The van der Waals surface area contributed by atoms with Gasteiger partial charge >= 0.3 is 0 Å². The number of aromatic amines is 1. The fourth-order valence-electron chi connectivity index (χ4n) is 3.62. The highest BCUT2D eigenvalue weighted by molar-refractivity contribution is 5.86. The third kappa shape index (κ3) is 3.23. The fourth-order valence-corrected chi connectivity index (χ4v) is 3.62. The van der Waals surface area contributed by atoms with Crippen LogP contribution in [0.4, 0.5) is 0 Å². The summed E-state index contributed by atoms with van der Waals surface area (Å²) in [5, 5.41) is 12.6. The first kappa shape index (κ1) is 16.8. The molecule has 0 unspecified atom stereocenters. The number of aromatic nitrogens is 3. The van der Waals surface area contributed by atoms with Gasteiger partial charge in [0.25, 0.3) is 0 Å². The van der Waals surface area contributed by atoms with Gasteiger partial charge in [-0.2, -0.15) is 5.10 Å². The van der Waals surface area contributed by atoms with Crippen LogP contribution in [0.25, 0.3) is 11.0 Å². The van der Waals surface area contributed by atoms with E-state index in [9.17, 15) is 4.79 Å². The maximum atomic E-state index is 12.7. The first-order valence-electron chi connectivity index (χ1n) is 9.28. The summed E-state index contributed by atoms with van der Waals surface area (Å²) in [6.07, 6.45) is 2.22. The van der Waals surface area contributed by atoms with Crippen LogP contribution in [0.15, 0.2) is 34.9 Å². The van der Waals surface area contributed by atoms with Crippen molar-refractivity contribution < 1.29 is 9.32 Å². The molecule has 0 radical (unpaired) electrons. The SMILES string of the molecule is CC(C)c1cc(C2CCN(C(=O)Cc3noc4ccccc34)CC2)[nH]n1. The lowest BCUT2D eigenvalue weighted by atomic mass is 9.92. The molecule has 1 saturated heterocycles. The zero-order chi connectivity index (χ0) is 18.1. The molecule has 6 heteroatoms. The van der Waals surface area contributed by atoms with E-state index in [1.165, 1.54) is 5.69 Å². The predicted octanol–water partition coefficient (Wildman–Crippen LogP) is 3.62. The van der Waals surface area contributed by atoms with Crippen LogP contribution < -0.4 is 0 Å². The summed E-state index contributed by atoms with van der Waals surface area (Å²) in [6.45, 7) is 5.84. The molecule has 3 heterocycles. The number of H-pyrrole nitrogens is 1. The van der Waals surface area contributed by atoms with Crippen LogP contribution in [0.5, 0.6) is 0 Å². The molecule has 0 atom stereocenters. The van der Waals surface area contributed by atoms with Gasteiger partial charge in [-0.1, -0.05) is 31.1 Å². The van der Waals surface area contributed by atoms with Crippen molar-refractivity contribution in [2.45, 2.75) is 44.9 Å². The van der Waals surface area contributed by atoms with Crippen LogP contribution in [0.2, 0.25) is 0 Å². The molecule has 0 bridgehead atoms. The van der Waals surface area contributed by atoms with E-state index in [2.05, 4.69) is 35.3 Å². The summed E-state index contributed by atoms with van der Waals surface area (Å²) in [7, 11) is 0. The molecule has 0 aliphatic carbocycles. The average molecular weight is 352 g/mol. The molecule has 1 amide bonds. The molecule has 0 spiro atoms. The Morgan fingerprint density at radius 1 is 1.31 bits per heavy atom. The number of para-hydroxylation sites is 1. The molecule has 26 heavy (non-hydrogen) atoms. The molecule has 1 N–H and O–H groups in total. The van der Waals surface area contributed by atoms with E-state index in [-0.39, 0.29) is 5.91 Å². The van der Waals surface area contributed by atoms with Gasteiger partial charge in [0.15, 0.2) is 5.58 Å². The molecular weight excluding hydrogens is 328 g/mol. The number of rotatable bonds is 4. The van der Waals surface area contributed by atoms with Crippen LogP contribution in [0, 0.1) is 0 Å². The van der Waals surface area contributed by atoms with Gasteiger partial charge in [-0.3, -0.25) is 9.89 Å². The van der Waals surface area contributed by atoms with Gasteiger partial charge in [-0.05, 0) is 37.0 Å². The largest absolute Gasteiger partial charge is 0.356 e. The predicted molar refractivity (Wildman–Crippen MR) is 98.9 cm³/mol. The van der Waals surface area contributed by atoms with E-state index in [1.807, 2.05) is 29.2 Å². The second-order valence-corrected chi connectivity index (χ2v) is 7.36. The molecular formula is C20H24N4O2. The van der Waals surface area contributed by atoms with Crippen molar-refractivity contribution in [1.29, 1.82) is 0 Å². The van der Waals surface area contributed by atoms with Crippen molar-refractivity contribution >= 4 is 16.9 Å². The van der Waals surface area contributed by atoms with Gasteiger partial charge < -0.3 is 9.42 Å². The number of hydrogen-bond donors (Lipinski definition) is 1. The summed E-state index contributed by atoms with van der Waals surface area (Å²) in [5.74, 6) is 1.00. The van der Waals surface area contributed by atoms with Crippen molar-refractivity contribution in [1.82, 2.24) is 20.3 Å². The normalized spacial score (nSPS) is 15.9. The van der Waals surface area contributed by atoms with Crippen molar-refractivity contribution in [3.8, 4) is 0 Å². The standard InChI is InChI=1S/C20H24N4O2/c1-13(2)16-11-17(22-21-16)14-7-9-24(10-8-14)20(25)12-18-15-5-3-4-6-19(15)26-23-18/h3-6,11,13-14H,7-10,12H2,1-2H3,(H,21,22). The molecule has 4 rings (SSSR count). The van der Waals surface area contributed by atoms with Crippen LogP contribution in [-0.4, -0.2) is 39.3 Å². The quantitative estimate of drug-likeness (QED) is 0.778. The van der Waals surface area contributed by atoms with Crippen molar-refractivity contribution in [2.24, 2.45) is 0 Å². The number of hydrogen-bond acceptors (Lipinski definition) is 4. The number of carbonyl (C=O) groups excluding carboxylic acids is 1. The fraction of sp³-hybridized carbons (Fsp3) is 0.450. The minimum atomic E-state index is 0.120. The Labute approximate surface area is 152 Å². The maximum absolute atomic E-state index is 12.7. The Bertz CT molecular complexity index is 903. The molecule has 6 nitrogen and oxygen atoms in total. The topological polar surface area (TPSA) is 75.0 Å². The summed E-state index contributed by atoms with van der Waals surface area (Å²) < 4.78 is 5.30. The second-order valence-electron chi connectivity index (χ2n) is 7.36. The van der Waals surface area contributed by atoms with E-state index in [0.29, 0.717) is 18.3 Å². The van der Waals surface area contributed by atoms with E-state index in [0.717, 1.165) is 48.3 Å². The Balaban J connectivity index is 1.37. The number of likely N-dealkylation sites (tertiary alicyclic amines) is 1. The summed E-state index contributed by atoms with van der Waals surface area (Å²) in [6, 6.07) is 9.84. The zero-order valence-corrected chi connectivity index (χ0v) is 15.2. The van der Waals surface area contributed by atoms with Crippen molar-refractivity contribution in [3.63, 3.8) is 0 Å². The number of piperidine rings is 1. The first-order chi connectivity index (χ1) is 12.6. The minimum absolute atomic E-state index is 0.120. The Morgan fingerprint density at radius 3 is 2.81 bits per heavy atom. The smallest absolute Gasteiger partial charge is 0.228 e. The van der Waals surface area contributed by atoms with Crippen LogP contribution in [0.3, 0.4) is 0 Å². The third-order valence-corrected chi connectivity index (χ3v) is 5.27. The molecule has 1 aromatic carbocycles. The van der Waals surface area contributed by atoms with E-state index in [1.54, 1.807) is 0 Å². The second kappa shape index (κ2) is 6.94.